The van der Waals surface area contributed by atoms with E-state index in [0.717, 1.165) is 25.3 Å². The maximum atomic E-state index is 9.59. The summed E-state index contributed by atoms with van der Waals surface area (Å²) in [5, 5.41) is 9.59. The first-order valence-corrected chi connectivity index (χ1v) is 6.44. The van der Waals surface area contributed by atoms with Crippen LogP contribution in [0.1, 0.15) is 32.5 Å². The molecule has 3 heteroatoms. The van der Waals surface area contributed by atoms with Gasteiger partial charge in [-0.3, -0.25) is 0 Å². The van der Waals surface area contributed by atoms with E-state index in [1.54, 1.807) is 0 Å². The standard InChI is InChI=1S/C14H21N2O/c1-3-5-10-16-13-9-7-6-8-12(13)15(4-2)14(16)11-17/h6-9,17H,3-5,10-11H2,1-2H3/q+1. The van der Waals surface area contributed by atoms with Crippen molar-refractivity contribution in [1.29, 1.82) is 0 Å². The molecule has 17 heavy (non-hydrogen) atoms. The molecule has 0 atom stereocenters. The Balaban J connectivity index is 2.61. The number of aliphatic hydroxyl groups excluding tert-OH is 1. The smallest absolute Gasteiger partial charge is 0.283 e. The Morgan fingerprint density at radius 3 is 2.65 bits per heavy atom. The van der Waals surface area contributed by atoms with Crippen molar-refractivity contribution < 1.29 is 9.67 Å². The molecule has 0 radical (unpaired) electrons. The largest absolute Gasteiger partial charge is 0.384 e. The van der Waals surface area contributed by atoms with Crippen LogP contribution in [-0.4, -0.2) is 9.67 Å². The summed E-state index contributed by atoms with van der Waals surface area (Å²) in [5.41, 5.74) is 2.45. The van der Waals surface area contributed by atoms with Gasteiger partial charge in [0.2, 0.25) is 0 Å². The van der Waals surface area contributed by atoms with E-state index in [1.165, 1.54) is 17.5 Å². The van der Waals surface area contributed by atoms with Gasteiger partial charge in [0.25, 0.3) is 5.82 Å². The molecule has 3 nitrogen and oxygen atoms in total. The minimum atomic E-state index is 0.103. The number of rotatable bonds is 5. The normalized spacial score (nSPS) is 11.2. The molecule has 1 aromatic carbocycles. The number of fused-ring (bicyclic) bond motifs is 1. The number of hydrogen-bond donors (Lipinski definition) is 1. The summed E-state index contributed by atoms with van der Waals surface area (Å²) in [7, 11) is 0. The third-order valence-electron chi connectivity index (χ3n) is 3.28. The molecule has 1 N–H and O–H groups in total. The molecule has 0 aliphatic heterocycles. The predicted octanol–water partition coefficient (Wildman–Crippen LogP) is 2.24. The second-order valence-electron chi connectivity index (χ2n) is 4.31. The maximum Gasteiger partial charge on any atom is 0.283 e. The van der Waals surface area contributed by atoms with Crippen molar-refractivity contribution in [3.63, 3.8) is 0 Å². The Hall–Kier alpha value is -1.35. The van der Waals surface area contributed by atoms with E-state index in [-0.39, 0.29) is 6.61 Å². The van der Waals surface area contributed by atoms with Gasteiger partial charge in [-0.15, -0.1) is 0 Å². The molecule has 1 aromatic heterocycles. The SMILES string of the molecule is CCCC[n+]1c(CO)n(CC)c2ccccc21. The highest BCUT2D eigenvalue weighted by Crippen LogP contribution is 2.14. The zero-order valence-electron chi connectivity index (χ0n) is 10.7. The first-order chi connectivity index (χ1) is 8.33. The summed E-state index contributed by atoms with van der Waals surface area (Å²) in [5.74, 6) is 1.02. The molecule has 0 spiro atoms. The Kier molecular flexibility index (Phi) is 3.79. The lowest BCUT2D eigenvalue weighted by molar-refractivity contribution is -0.682. The molecule has 92 valence electrons. The van der Waals surface area contributed by atoms with E-state index in [9.17, 15) is 5.11 Å². The van der Waals surface area contributed by atoms with Gasteiger partial charge in [0, 0.05) is 0 Å². The molecule has 0 saturated carbocycles. The number of nitrogens with zero attached hydrogens (tertiary/aromatic N) is 2. The van der Waals surface area contributed by atoms with E-state index in [0.29, 0.717) is 0 Å². The highest BCUT2D eigenvalue weighted by atomic mass is 16.3. The molecular weight excluding hydrogens is 212 g/mol. The summed E-state index contributed by atoms with van der Waals surface area (Å²) in [6.45, 7) is 6.30. The number of aromatic nitrogens is 2. The highest BCUT2D eigenvalue weighted by molar-refractivity contribution is 5.72. The van der Waals surface area contributed by atoms with Crippen LogP contribution in [-0.2, 0) is 19.7 Å². The summed E-state index contributed by atoms with van der Waals surface area (Å²) >= 11 is 0. The lowest BCUT2D eigenvalue weighted by Crippen LogP contribution is -2.38. The van der Waals surface area contributed by atoms with Crippen molar-refractivity contribution in [2.75, 3.05) is 0 Å². The lowest BCUT2D eigenvalue weighted by atomic mass is 10.3. The first-order valence-electron chi connectivity index (χ1n) is 6.44. The van der Waals surface area contributed by atoms with Gasteiger partial charge in [0.05, 0.1) is 13.1 Å². The fourth-order valence-electron chi connectivity index (χ4n) is 2.43. The fourth-order valence-corrected chi connectivity index (χ4v) is 2.43. The predicted molar refractivity (Wildman–Crippen MR) is 68.6 cm³/mol. The van der Waals surface area contributed by atoms with Crippen LogP contribution < -0.4 is 4.57 Å². The quantitative estimate of drug-likeness (QED) is 0.788. The molecule has 0 aliphatic carbocycles. The zero-order valence-corrected chi connectivity index (χ0v) is 10.7. The Labute approximate surface area is 102 Å². The van der Waals surface area contributed by atoms with Crippen LogP contribution in [0.5, 0.6) is 0 Å². The second kappa shape index (κ2) is 5.32. The van der Waals surface area contributed by atoms with E-state index < -0.39 is 0 Å². The number of aliphatic hydroxyl groups is 1. The minimum Gasteiger partial charge on any atom is -0.384 e. The maximum absolute atomic E-state index is 9.59. The van der Waals surface area contributed by atoms with E-state index >= 15 is 0 Å². The number of para-hydroxylation sites is 2. The van der Waals surface area contributed by atoms with Gasteiger partial charge in [-0.1, -0.05) is 25.5 Å². The number of unbranched alkanes of at least 4 members (excludes halogenated alkanes) is 1. The number of aryl methyl sites for hydroxylation is 2. The molecule has 1 heterocycles. The van der Waals surface area contributed by atoms with Crippen LogP contribution in [0.25, 0.3) is 11.0 Å². The van der Waals surface area contributed by atoms with Gasteiger partial charge in [-0.2, -0.15) is 0 Å². The molecule has 2 rings (SSSR count). The van der Waals surface area contributed by atoms with Gasteiger partial charge in [0.15, 0.2) is 11.0 Å². The van der Waals surface area contributed by atoms with Gasteiger partial charge >= 0.3 is 0 Å². The third-order valence-corrected chi connectivity index (χ3v) is 3.28. The summed E-state index contributed by atoms with van der Waals surface area (Å²) < 4.78 is 4.45. The van der Waals surface area contributed by atoms with Crippen molar-refractivity contribution in [2.24, 2.45) is 0 Å². The van der Waals surface area contributed by atoms with Crippen LogP contribution in [0.3, 0.4) is 0 Å². The van der Waals surface area contributed by atoms with Crippen molar-refractivity contribution in [2.45, 2.75) is 46.4 Å². The van der Waals surface area contributed by atoms with E-state index in [4.69, 9.17) is 0 Å². The van der Waals surface area contributed by atoms with Gasteiger partial charge in [-0.05, 0) is 25.5 Å². The number of imidazole rings is 1. The van der Waals surface area contributed by atoms with Crippen molar-refractivity contribution in [3.05, 3.63) is 30.1 Å². The van der Waals surface area contributed by atoms with Crippen molar-refractivity contribution in [3.8, 4) is 0 Å². The highest BCUT2D eigenvalue weighted by Gasteiger charge is 2.22. The molecule has 2 aromatic rings. The number of hydrogen-bond acceptors (Lipinski definition) is 1. The van der Waals surface area contributed by atoms with Gasteiger partial charge in [-0.25, -0.2) is 9.13 Å². The van der Waals surface area contributed by atoms with Crippen molar-refractivity contribution in [1.82, 2.24) is 4.57 Å². The topological polar surface area (TPSA) is 29.0 Å². The second-order valence-corrected chi connectivity index (χ2v) is 4.31. The monoisotopic (exact) mass is 233 g/mol. The molecule has 0 saturated heterocycles. The van der Waals surface area contributed by atoms with Crippen LogP contribution in [0.4, 0.5) is 0 Å². The molecule has 0 amide bonds. The average Bonchev–Trinajstić information content (AvgIpc) is 2.69. The Morgan fingerprint density at radius 1 is 1.24 bits per heavy atom. The Bertz CT molecular complexity index is 502. The third kappa shape index (κ3) is 2.07. The van der Waals surface area contributed by atoms with Crippen LogP contribution >= 0.6 is 0 Å². The van der Waals surface area contributed by atoms with Gasteiger partial charge in [0.1, 0.15) is 6.61 Å². The zero-order chi connectivity index (χ0) is 12.3. The van der Waals surface area contributed by atoms with Crippen molar-refractivity contribution >= 4 is 11.0 Å². The van der Waals surface area contributed by atoms with Gasteiger partial charge < -0.3 is 5.11 Å². The summed E-state index contributed by atoms with van der Waals surface area (Å²) in [4.78, 5) is 0. The van der Waals surface area contributed by atoms with Crippen LogP contribution in [0, 0.1) is 0 Å². The summed E-state index contributed by atoms with van der Waals surface area (Å²) in [6.07, 6.45) is 2.32. The van der Waals surface area contributed by atoms with E-state index in [2.05, 4.69) is 47.2 Å². The van der Waals surface area contributed by atoms with Crippen LogP contribution in [0.15, 0.2) is 24.3 Å². The molecular formula is C14H21N2O+. The molecule has 0 unspecified atom stereocenters. The molecule has 0 bridgehead atoms. The Morgan fingerprint density at radius 2 is 2.00 bits per heavy atom. The lowest BCUT2D eigenvalue weighted by Gasteiger charge is -2.00. The number of benzene rings is 1. The van der Waals surface area contributed by atoms with Crippen LogP contribution in [0.2, 0.25) is 0 Å². The average molecular weight is 233 g/mol. The first kappa shape index (κ1) is 12.1. The minimum absolute atomic E-state index is 0.103. The molecule has 0 fully saturated rings. The fraction of sp³-hybridized carbons (Fsp3) is 0.500. The molecule has 0 aliphatic rings. The summed E-state index contributed by atoms with van der Waals surface area (Å²) in [6, 6.07) is 8.38. The van der Waals surface area contributed by atoms with E-state index in [1.807, 2.05) is 0 Å².